The van der Waals surface area contributed by atoms with Gasteiger partial charge in [0.05, 0.1) is 43.3 Å². The van der Waals surface area contributed by atoms with E-state index in [1.165, 1.54) is 30.3 Å². The highest BCUT2D eigenvalue weighted by molar-refractivity contribution is 9.10. The highest BCUT2D eigenvalue weighted by Gasteiger charge is 2.31. The second-order valence-electron chi connectivity index (χ2n) is 12.6. The highest BCUT2D eigenvalue weighted by Crippen LogP contribution is 2.29. The number of sulfone groups is 2. The van der Waals surface area contributed by atoms with Crippen LogP contribution >= 0.6 is 31.9 Å². The van der Waals surface area contributed by atoms with Gasteiger partial charge in [0.15, 0.2) is 10.9 Å². The summed E-state index contributed by atoms with van der Waals surface area (Å²) in [7, 11) is -5.71. The van der Waals surface area contributed by atoms with Crippen LogP contribution in [0.1, 0.15) is 25.7 Å². The van der Waals surface area contributed by atoms with E-state index in [4.69, 9.17) is 14.9 Å². The van der Waals surface area contributed by atoms with Crippen LogP contribution in [-0.2, 0) is 19.7 Å². The summed E-state index contributed by atoms with van der Waals surface area (Å²) in [6.07, 6.45) is 2.10. The van der Waals surface area contributed by atoms with Gasteiger partial charge in [-0.1, -0.05) is 10.3 Å². The Morgan fingerprint density at radius 3 is 1.66 bits per heavy atom. The standard InChI is InChI=1S/C15H13BrFN5O5S.C10H3BrFN5O5.C5H11NO2S/c16-10-7-9(1-2-11(10)17)22-14(21-26-15(22)23)12-13(20-27-19-12)18-8-3-5-28(24,25)6-4-8;11-5-3-4(1-2-6(5)12)16-8(14-21-10(16)18)7-9(17(19)20)15-22-13-7;6-5-1-3-9(7,8)4-2-5/h1-2,7-8H,3-6H2,(H,18,20);1-3H;5H,1-4,6H2. The van der Waals surface area contributed by atoms with Crippen LogP contribution in [0.4, 0.5) is 20.4 Å². The fourth-order valence-electron chi connectivity index (χ4n) is 5.51. The number of hydrogen-bond acceptors (Lipinski definition) is 20. The lowest BCUT2D eigenvalue weighted by Crippen LogP contribution is -2.32. The number of benzene rings is 2. The molecule has 0 radical (unpaired) electrons. The first-order valence-corrected chi connectivity index (χ1v) is 22.0. The molecule has 2 saturated heterocycles. The predicted octanol–water partition coefficient (Wildman–Crippen LogP) is 2.97. The molecular weight excluding hydrogens is 968 g/mol. The third-order valence-corrected chi connectivity index (χ3v) is 13.2. The van der Waals surface area contributed by atoms with Gasteiger partial charge < -0.3 is 21.2 Å². The van der Waals surface area contributed by atoms with Gasteiger partial charge in [-0.3, -0.25) is 9.05 Å². The molecule has 8 rings (SSSR count). The summed E-state index contributed by atoms with van der Waals surface area (Å²) in [4.78, 5) is 34.0. The summed E-state index contributed by atoms with van der Waals surface area (Å²) in [5.74, 6) is -2.88. The molecule has 0 aliphatic carbocycles. The van der Waals surface area contributed by atoms with Crippen LogP contribution in [0.5, 0.6) is 0 Å². The van der Waals surface area contributed by atoms with Gasteiger partial charge in [0.25, 0.3) is 5.69 Å². The van der Waals surface area contributed by atoms with E-state index in [2.05, 4.69) is 77.3 Å². The van der Waals surface area contributed by atoms with Crippen LogP contribution < -0.4 is 22.6 Å². The number of nitro groups is 1. The number of rotatable bonds is 7. The third-order valence-electron chi connectivity index (χ3n) is 8.58. The number of hydrogen-bond donors (Lipinski definition) is 2. The van der Waals surface area contributed by atoms with Crippen molar-refractivity contribution in [3.63, 3.8) is 0 Å². The molecule has 6 heterocycles. The maximum Gasteiger partial charge on any atom is 0.446 e. The van der Waals surface area contributed by atoms with Crippen molar-refractivity contribution in [2.75, 3.05) is 28.3 Å². The molecule has 3 N–H and O–H groups in total. The average Bonchev–Trinajstić information content (AvgIpc) is 4.01. The molecule has 2 fully saturated rings. The zero-order valence-electron chi connectivity index (χ0n) is 29.6. The van der Waals surface area contributed by atoms with Gasteiger partial charge in [0, 0.05) is 12.1 Å². The Morgan fingerprint density at radius 1 is 0.729 bits per heavy atom. The third kappa shape index (κ3) is 10.2. The Kier molecular flexibility index (Phi) is 13.0. The molecule has 0 bridgehead atoms. The monoisotopic (exact) mass is 993 g/mol. The van der Waals surface area contributed by atoms with Crippen LogP contribution in [0.15, 0.2) is 73.2 Å². The maximum absolute atomic E-state index is 13.5. The summed E-state index contributed by atoms with van der Waals surface area (Å²) in [5.41, 5.74) is 5.67. The van der Waals surface area contributed by atoms with E-state index in [1.807, 2.05) is 0 Å². The summed E-state index contributed by atoms with van der Waals surface area (Å²) in [6.45, 7) is 0. The molecule has 2 aliphatic heterocycles. The number of anilines is 1. The first-order chi connectivity index (χ1) is 27.9. The van der Waals surface area contributed by atoms with Crippen molar-refractivity contribution >= 4 is 63.2 Å². The van der Waals surface area contributed by atoms with Crippen molar-refractivity contribution in [1.29, 1.82) is 0 Å². The molecule has 4 aromatic heterocycles. The van der Waals surface area contributed by atoms with E-state index in [0.717, 1.165) is 15.2 Å². The van der Waals surface area contributed by atoms with E-state index < -0.39 is 59.3 Å². The minimum absolute atomic E-state index is 0.00990. The fourth-order valence-corrected chi connectivity index (χ4v) is 9.27. The fraction of sp³-hybridized carbons (Fsp3) is 0.333. The second-order valence-corrected chi connectivity index (χ2v) is 18.9. The lowest BCUT2D eigenvalue weighted by atomic mass is 10.1. The van der Waals surface area contributed by atoms with Crippen molar-refractivity contribution in [3.05, 3.63) is 88.2 Å². The van der Waals surface area contributed by atoms with Gasteiger partial charge in [-0.2, -0.15) is 0 Å². The normalized spacial score (nSPS) is 16.4. The molecule has 0 saturated carbocycles. The molecule has 6 aromatic rings. The summed E-state index contributed by atoms with van der Waals surface area (Å²) < 4.78 is 92.0. The zero-order chi connectivity index (χ0) is 42.6. The predicted molar refractivity (Wildman–Crippen MR) is 204 cm³/mol. The molecular formula is C30H27Br2F2N11O12S2. The van der Waals surface area contributed by atoms with Crippen LogP contribution in [0, 0.1) is 21.7 Å². The molecule has 59 heavy (non-hydrogen) atoms. The number of nitrogens with two attached hydrogens (primary N) is 1. The second kappa shape index (κ2) is 17.8. The summed E-state index contributed by atoms with van der Waals surface area (Å²) >= 11 is 6.04. The van der Waals surface area contributed by atoms with Crippen LogP contribution in [0.2, 0.25) is 0 Å². The number of nitrogens with one attached hydrogen (secondary N) is 1. The Bertz CT molecular complexity index is 2810. The van der Waals surface area contributed by atoms with Gasteiger partial charge in [0.1, 0.15) is 31.3 Å². The lowest BCUT2D eigenvalue weighted by molar-refractivity contribution is -0.390. The van der Waals surface area contributed by atoms with Crippen LogP contribution in [0.25, 0.3) is 34.4 Å². The number of nitrogens with zero attached hydrogens (tertiary/aromatic N) is 9. The van der Waals surface area contributed by atoms with E-state index >= 15 is 0 Å². The Balaban J connectivity index is 0.000000167. The van der Waals surface area contributed by atoms with Gasteiger partial charge in [-0.25, -0.2) is 49.0 Å². The minimum atomic E-state index is -3.01. The van der Waals surface area contributed by atoms with Crippen molar-refractivity contribution in [1.82, 2.24) is 40.1 Å². The Labute approximate surface area is 345 Å². The lowest BCUT2D eigenvalue weighted by Gasteiger charge is -2.22. The number of halogens is 4. The topological polar surface area (TPSA) is 323 Å². The van der Waals surface area contributed by atoms with Crippen LogP contribution in [-0.4, -0.2) is 96.9 Å². The SMILES string of the molecule is NC1CCS(=O)(=O)CC1.O=c1onc(-c2nonc2NC2CCS(=O)(=O)CC2)n1-c1ccc(F)c(Br)c1.O=c1onc(-c2nonc2[N+](=O)[O-])n1-c1ccc(F)c(Br)c1. The zero-order valence-corrected chi connectivity index (χ0v) is 34.4. The maximum atomic E-state index is 13.5. The van der Waals surface area contributed by atoms with E-state index in [-0.39, 0.29) is 72.9 Å². The summed E-state index contributed by atoms with van der Waals surface area (Å²) in [6, 6.07) is 7.57. The molecule has 2 aliphatic rings. The first kappa shape index (κ1) is 43.1. The number of aromatic nitrogens is 8. The van der Waals surface area contributed by atoms with E-state index in [1.54, 1.807) is 0 Å². The first-order valence-electron chi connectivity index (χ1n) is 16.7. The molecule has 2 aromatic carbocycles. The van der Waals surface area contributed by atoms with Crippen molar-refractivity contribution in [2.45, 2.75) is 37.8 Å². The van der Waals surface area contributed by atoms with Crippen molar-refractivity contribution in [3.8, 4) is 34.4 Å². The van der Waals surface area contributed by atoms with Crippen molar-refractivity contribution in [2.24, 2.45) is 5.73 Å². The van der Waals surface area contributed by atoms with E-state index in [9.17, 15) is 45.3 Å². The molecule has 0 amide bonds. The van der Waals surface area contributed by atoms with Gasteiger partial charge in [-0.05, 0) is 114 Å². The Morgan fingerprint density at radius 2 is 1.19 bits per heavy atom. The Hall–Kier alpha value is -5.52. The summed E-state index contributed by atoms with van der Waals surface area (Å²) in [5, 5.41) is 35.1. The molecule has 0 unspecified atom stereocenters. The average molecular weight is 996 g/mol. The van der Waals surface area contributed by atoms with Gasteiger partial charge in [0.2, 0.25) is 17.5 Å². The molecule has 0 spiro atoms. The molecule has 23 nitrogen and oxygen atoms in total. The van der Waals surface area contributed by atoms with Gasteiger partial charge >= 0.3 is 17.3 Å². The smallest absolute Gasteiger partial charge is 0.362 e. The minimum Gasteiger partial charge on any atom is -0.362 e. The largest absolute Gasteiger partial charge is 0.446 e. The van der Waals surface area contributed by atoms with Gasteiger partial charge in [-0.15, -0.1) is 4.63 Å². The molecule has 0 atom stereocenters. The molecule has 314 valence electrons. The quantitative estimate of drug-likeness (QED) is 0.171. The van der Waals surface area contributed by atoms with Crippen LogP contribution in [0.3, 0.4) is 0 Å². The van der Waals surface area contributed by atoms with E-state index in [0.29, 0.717) is 31.4 Å². The molecule has 29 heteroatoms. The highest BCUT2D eigenvalue weighted by atomic mass is 79.9. The van der Waals surface area contributed by atoms with Crippen molar-refractivity contribution < 1.29 is 48.8 Å².